The Morgan fingerprint density at radius 2 is 2.29 bits per heavy atom. The lowest BCUT2D eigenvalue weighted by atomic mass is 9.82. The second kappa shape index (κ2) is 4.27. The second-order valence-electron chi connectivity index (χ2n) is 6.07. The van der Waals surface area contributed by atoms with Crippen molar-refractivity contribution in [1.82, 2.24) is 5.32 Å². The SMILES string of the molecule is CCC1(OC(=O)C2CCCN2)CC2CCC1C2. The van der Waals surface area contributed by atoms with Crippen molar-refractivity contribution >= 4 is 5.97 Å². The Morgan fingerprint density at radius 1 is 1.41 bits per heavy atom. The van der Waals surface area contributed by atoms with Gasteiger partial charge in [0.2, 0.25) is 0 Å². The smallest absolute Gasteiger partial charge is 0.323 e. The maximum absolute atomic E-state index is 12.2. The maximum Gasteiger partial charge on any atom is 0.323 e. The number of nitrogens with one attached hydrogen (secondary N) is 1. The van der Waals surface area contributed by atoms with Crippen molar-refractivity contribution in [2.45, 2.75) is 63.5 Å². The van der Waals surface area contributed by atoms with Crippen LogP contribution in [-0.2, 0) is 9.53 Å². The minimum absolute atomic E-state index is 0.0110. The van der Waals surface area contributed by atoms with E-state index in [2.05, 4.69) is 12.2 Å². The number of hydrogen-bond donors (Lipinski definition) is 1. The van der Waals surface area contributed by atoms with Gasteiger partial charge in [0, 0.05) is 0 Å². The Kier molecular flexibility index (Phi) is 2.89. The third-order valence-electron chi connectivity index (χ3n) is 5.17. The molecular weight excluding hydrogens is 214 g/mol. The van der Waals surface area contributed by atoms with Gasteiger partial charge in [-0.3, -0.25) is 4.79 Å². The van der Waals surface area contributed by atoms with Gasteiger partial charge < -0.3 is 10.1 Å². The molecule has 3 nitrogen and oxygen atoms in total. The molecule has 0 radical (unpaired) electrons. The first-order valence-corrected chi connectivity index (χ1v) is 7.20. The Hall–Kier alpha value is -0.570. The van der Waals surface area contributed by atoms with Gasteiger partial charge in [0.15, 0.2) is 0 Å². The second-order valence-corrected chi connectivity index (χ2v) is 6.07. The van der Waals surface area contributed by atoms with Crippen LogP contribution >= 0.6 is 0 Å². The highest BCUT2D eigenvalue weighted by atomic mass is 16.6. The van der Waals surface area contributed by atoms with E-state index in [9.17, 15) is 4.79 Å². The quantitative estimate of drug-likeness (QED) is 0.765. The molecule has 3 heteroatoms. The predicted molar refractivity (Wildman–Crippen MR) is 65.6 cm³/mol. The van der Waals surface area contributed by atoms with E-state index in [4.69, 9.17) is 4.74 Å². The molecule has 3 aliphatic rings. The van der Waals surface area contributed by atoms with Crippen LogP contribution in [0.4, 0.5) is 0 Å². The van der Waals surface area contributed by atoms with Gasteiger partial charge >= 0.3 is 5.97 Å². The van der Waals surface area contributed by atoms with Crippen LogP contribution < -0.4 is 5.32 Å². The van der Waals surface area contributed by atoms with Crippen molar-refractivity contribution in [3.8, 4) is 0 Å². The van der Waals surface area contributed by atoms with Gasteiger partial charge in [0.1, 0.15) is 11.6 Å². The molecule has 1 N–H and O–H groups in total. The fraction of sp³-hybridized carbons (Fsp3) is 0.929. The summed E-state index contributed by atoms with van der Waals surface area (Å²) in [5, 5.41) is 3.24. The number of esters is 1. The molecule has 0 amide bonds. The number of carbonyl (C=O) groups is 1. The summed E-state index contributed by atoms with van der Waals surface area (Å²) in [5.74, 6) is 1.48. The third kappa shape index (κ3) is 1.88. The van der Waals surface area contributed by atoms with Crippen LogP contribution in [0.1, 0.15) is 51.9 Å². The van der Waals surface area contributed by atoms with Crippen LogP contribution in [0.2, 0.25) is 0 Å². The Balaban J connectivity index is 1.67. The lowest BCUT2D eigenvalue weighted by molar-refractivity contribution is -0.168. The van der Waals surface area contributed by atoms with Crippen molar-refractivity contribution in [2.24, 2.45) is 11.8 Å². The van der Waals surface area contributed by atoms with Crippen molar-refractivity contribution in [3.05, 3.63) is 0 Å². The van der Waals surface area contributed by atoms with Gasteiger partial charge in [-0.05, 0) is 63.3 Å². The average molecular weight is 237 g/mol. The van der Waals surface area contributed by atoms with Gasteiger partial charge in [0.05, 0.1) is 0 Å². The van der Waals surface area contributed by atoms with Gasteiger partial charge in [-0.2, -0.15) is 0 Å². The average Bonchev–Trinajstić information content (AvgIpc) is 3.05. The molecule has 1 saturated heterocycles. The molecule has 96 valence electrons. The number of hydrogen-bond acceptors (Lipinski definition) is 3. The van der Waals surface area contributed by atoms with E-state index >= 15 is 0 Å². The summed E-state index contributed by atoms with van der Waals surface area (Å²) < 4.78 is 5.96. The standard InChI is InChI=1S/C14H23NO2/c1-2-14(9-10-5-6-11(14)8-10)17-13(16)12-4-3-7-15-12/h10-12,15H,2-9H2,1H3. The molecule has 0 spiro atoms. The molecule has 2 saturated carbocycles. The molecule has 0 aromatic rings. The first-order valence-electron chi connectivity index (χ1n) is 7.20. The van der Waals surface area contributed by atoms with E-state index < -0.39 is 0 Å². The molecule has 0 aromatic carbocycles. The maximum atomic E-state index is 12.2. The first kappa shape index (κ1) is 11.5. The van der Waals surface area contributed by atoms with E-state index in [1.165, 1.54) is 19.3 Å². The number of fused-ring (bicyclic) bond motifs is 2. The first-order chi connectivity index (χ1) is 8.23. The highest BCUT2D eigenvalue weighted by Gasteiger charge is 2.53. The van der Waals surface area contributed by atoms with E-state index in [0.29, 0.717) is 5.92 Å². The van der Waals surface area contributed by atoms with Crippen LogP contribution in [-0.4, -0.2) is 24.2 Å². The molecular formula is C14H23NO2. The molecule has 17 heavy (non-hydrogen) atoms. The number of rotatable bonds is 3. The minimum atomic E-state index is -0.107. The summed E-state index contributed by atoms with van der Waals surface area (Å²) in [6.45, 7) is 3.14. The van der Waals surface area contributed by atoms with Gasteiger partial charge in [-0.25, -0.2) is 0 Å². The Morgan fingerprint density at radius 3 is 2.82 bits per heavy atom. The Bertz CT molecular complexity index is 311. The van der Waals surface area contributed by atoms with Crippen molar-refractivity contribution in [1.29, 1.82) is 0 Å². The monoisotopic (exact) mass is 237 g/mol. The normalized spacial score (nSPS) is 44.2. The number of ether oxygens (including phenoxy) is 1. The summed E-state index contributed by atoms with van der Waals surface area (Å²) >= 11 is 0. The fourth-order valence-corrected chi connectivity index (χ4v) is 4.18. The minimum Gasteiger partial charge on any atom is -0.458 e. The summed E-state index contributed by atoms with van der Waals surface area (Å²) in [4.78, 5) is 12.2. The molecule has 2 bridgehead atoms. The molecule has 3 rings (SSSR count). The molecule has 3 fully saturated rings. The molecule has 4 unspecified atom stereocenters. The summed E-state index contributed by atoms with van der Waals surface area (Å²) in [7, 11) is 0. The third-order valence-corrected chi connectivity index (χ3v) is 5.17. The lowest BCUT2D eigenvalue weighted by Gasteiger charge is -2.37. The van der Waals surface area contributed by atoms with Crippen molar-refractivity contribution in [2.75, 3.05) is 6.54 Å². The van der Waals surface area contributed by atoms with Gasteiger partial charge in [0.25, 0.3) is 0 Å². The predicted octanol–water partition coefficient (Wildman–Crippen LogP) is 2.25. The molecule has 1 aliphatic heterocycles. The van der Waals surface area contributed by atoms with E-state index in [1.54, 1.807) is 0 Å². The zero-order chi connectivity index (χ0) is 11.9. The lowest BCUT2D eigenvalue weighted by Crippen LogP contribution is -2.44. The van der Waals surface area contributed by atoms with Crippen molar-refractivity contribution < 1.29 is 9.53 Å². The molecule has 2 aliphatic carbocycles. The number of carbonyl (C=O) groups excluding carboxylic acids is 1. The van der Waals surface area contributed by atoms with Crippen LogP contribution in [0.15, 0.2) is 0 Å². The van der Waals surface area contributed by atoms with Crippen molar-refractivity contribution in [3.63, 3.8) is 0 Å². The molecule has 1 heterocycles. The zero-order valence-electron chi connectivity index (χ0n) is 10.7. The highest BCUT2D eigenvalue weighted by Crippen LogP contribution is 2.54. The molecule has 0 aromatic heterocycles. The van der Waals surface area contributed by atoms with Crippen LogP contribution in [0.25, 0.3) is 0 Å². The fourth-order valence-electron chi connectivity index (χ4n) is 4.18. The van der Waals surface area contributed by atoms with Gasteiger partial charge in [-0.1, -0.05) is 6.92 Å². The van der Waals surface area contributed by atoms with Crippen LogP contribution in [0.5, 0.6) is 0 Å². The summed E-state index contributed by atoms with van der Waals surface area (Å²) in [6, 6.07) is -0.0300. The molecule has 4 atom stereocenters. The van der Waals surface area contributed by atoms with E-state index in [1.807, 2.05) is 0 Å². The summed E-state index contributed by atoms with van der Waals surface area (Å²) in [6.07, 6.45) is 8.08. The zero-order valence-corrected chi connectivity index (χ0v) is 10.7. The topological polar surface area (TPSA) is 38.3 Å². The Labute approximate surface area is 103 Å². The summed E-state index contributed by atoms with van der Waals surface area (Å²) in [5.41, 5.74) is -0.107. The van der Waals surface area contributed by atoms with E-state index in [0.717, 1.165) is 38.1 Å². The van der Waals surface area contributed by atoms with E-state index in [-0.39, 0.29) is 17.6 Å². The van der Waals surface area contributed by atoms with Gasteiger partial charge in [-0.15, -0.1) is 0 Å². The highest BCUT2D eigenvalue weighted by molar-refractivity contribution is 5.76. The largest absolute Gasteiger partial charge is 0.458 e. The van der Waals surface area contributed by atoms with Crippen LogP contribution in [0.3, 0.4) is 0 Å². The van der Waals surface area contributed by atoms with Crippen LogP contribution in [0, 0.1) is 11.8 Å².